The molecule has 0 saturated carbocycles. The number of carbonyl (C=O) groups is 1. The highest BCUT2D eigenvalue weighted by Crippen LogP contribution is 2.30. The monoisotopic (exact) mass is 378 g/mol. The van der Waals surface area contributed by atoms with E-state index in [9.17, 15) is 9.18 Å². The molecule has 2 aromatic heterocycles. The van der Waals surface area contributed by atoms with Crippen LogP contribution in [0.3, 0.4) is 0 Å². The summed E-state index contributed by atoms with van der Waals surface area (Å²) in [5, 5.41) is 4.07. The topological polar surface area (TPSA) is 58.1 Å². The number of carbonyl (C=O) groups excluding carboxylic acids is 1. The van der Waals surface area contributed by atoms with Crippen molar-refractivity contribution in [2.24, 2.45) is 5.92 Å². The van der Waals surface area contributed by atoms with E-state index in [2.05, 4.69) is 22.2 Å². The van der Waals surface area contributed by atoms with Gasteiger partial charge in [-0.1, -0.05) is 6.92 Å². The van der Waals surface area contributed by atoms with Crippen molar-refractivity contribution in [3.8, 4) is 0 Å². The lowest BCUT2D eigenvalue weighted by Gasteiger charge is -2.31. The minimum absolute atomic E-state index is 0.0360. The van der Waals surface area contributed by atoms with Gasteiger partial charge < -0.3 is 10.2 Å². The summed E-state index contributed by atoms with van der Waals surface area (Å²) in [5.74, 6) is 0.149. The molecule has 0 spiro atoms. The number of hydrogen-bond acceptors (Lipinski definition) is 4. The number of rotatable bonds is 3. The van der Waals surface area contributed by atoms with Crippen molar-refractivity contribution in [1.29, 1.82) is 0 Å². The molecule has 0 radical (unpaired) electrons. The fraction of sp³-hybridized carbons (Fsp3) is 0.318. The molecule has 1 aliphatic heterocycles. The number of nitrogens with one attached hydrogen (secondary N) is 1. The Balaban J connectivity index is 1.79. The van der Waals surface area contributed by atoms with Crippen LogP contribution in [0.2, 0.25) is 0 Å². The molecule has 144 valence electrons. The molecule has 0 bridgehead atoms. The van der Waals surface area contributed by atoms with Crippen LogP contribution >= 0.6 is 0 Å². The number of anilines is 2. The Hall–Kier alpha value is -3.02. The molecule has 28 heavy (non-hydrogen) atoms. The molecule has 1 N–H and O–H groups in total. The summed E-state index contributed by atoms with van der Waals surface area (Å²) >= 11 is 0. The maximum absolute atomic E-state index is 13.3. The van der Waals surface area contributed by atoms with Crippen LogP contribution in [-0.4, -0.2) is 33.9 Å². The molecule has 3 aromatic rings. The molecule has 1 aliphatic rings. The molecule has 3 heterocycles. The first kappa shape index (κ1) is 18.3. The highest BCUT2D eigenvalue weighted by Gasteiger charge is 2.25. The van der Waals surface area contributed by atoms with Crippen molar-refractivity contribution < 1.29 is 9.18 Å². The molecule has 0 aliphatic carbocycles. The van der Waals surface area contributed by atoms with Crippen LogP contribution in [0.5, 0.6) is 0 Å². The zero-order valence-corrected chi connectivity index (χ0v) is 16.1. The third-order valence-corrected chi connectivity index (χ3v) is 5.16. The summed E-state index contributed by atoms with van der Waals surface area (Å²) in [6.07, 6.45) is 3.75. The Morgan fingerprint density at radius 1 is 1.21 bits per heavy atom. The molecule has 5 nitrogen and oxygen atoms in total. The smallest absolute Gasteiger partial charge is 0.257 e. The van der Waals surface area contributed by atoms with E-state index in [1.807, 2.05) is 24.0 Å². The Labute approximate surface area is 163 Å². The molecule has 0 unspecified atom stereocenters. The van der Waals surface area contributed by atoms with Gasteiger partial charge in [-0.25, -0.2) is 14.4 Å². The normalized spacial score (nSPS) is 17.0. The van der Waals surface area contributed by atoms with Gasteiger partial charge in [0.25, 0.3) is 5.91 Å². The van der Waals surface area contributed by atoms with E-state index in [-0.39, 0.29) is 11.7 Å². The fourth-order valence-electron chi connectivity index (χ4n) is 3.69. The lowest BCUT2D eigenvalue weighted by Crippen LogP contribution is -2.39. The maximum atomic E-state index is 13.3. The first-order chi connectivity index (χ1) is 13.5. The molecule has 4 rings (SSSR count). The average molecular weight is 378 g/mol. The average Bonchev–Trinajstić information content (AvgIpc) is 2.69. The molecule has 6 heteroatoms. The molecular formula is C22H23FN4O. The Kier molecular flexibility index (Phi) is 4.94. The summed E-state index contributed by atoms with van der Waals surface area (Å²) < 4.78 is 13.3. The number of aryl methyl sites for hydroxylation is 1. The molecule has 1 amide bonds. The lowest BCUT2D eigenvalue weighted by molar-refractivity contribution is 0.0684. The van der Waals surface area contributed by atoms with Gasteiger partial charge in [0.1, 0.15) is 5.82 Å². The van der Waals surface area contributed by atoms with Crippen LogP contribution in [0.1, 0.15) is 35.8 Å². The predicted octanol–water partition coefficient (Wildman–Crippen LogP) is 4.69. The van der Waals surface area contributed by atoms with E-state index in [1.165, 1.54) is 12.1 Å². The van der Waals surface area contributed by atoms with Gasteiger partial charge in [-0.3, -0.25) is 4.79 Å². The zero-order chi connectivity index (χ0) is 19.7. The van der Waals surface area contributed by atoms with E-state index in [0.717, 1.165) is 37.0 Å². The summed E-state index contributed by atoms with van der Waals surface area (Å²) in [6, 6.07) is 9.91. The molecule has 1 fully saturated rings. The van der Waals surface area contributed by atoms with E-state index in [4.69, 9.17) is 0 Å². The number of hydrogen-bond donors (Lipinski definition) is 1. The third kappa shape index (κ3) is 3.67. The van der Waals surface area contributed by atoms with Gasteiger partial charge in [-0.15, -0.1) is 0 Å². The van der Waals surface area contributed by atoms with Gasteiger partial charge in [-0.2, -0.15) is 0 Å². The van der Waals surface area contributed by atoms with E-state index in [0.29, 0.717) is 28.5 Å². The second-order valence-electron chi connectivity index (χ2n) is 7.50. The van der Waals surface area contributed by atoms with Crippen LogP contribution in [-0.2, 0) is 0 Å². The number of nitrogens with zero attached hydrogens (tertiary/aromatic N) is 3. The Morgan fingerprint density at radius 2 is 2.00 bits per heavy atom. The van der Waals surface area contributed by atoms with Crippen LogP contribution in [0, 0.1) is 18.7 Å². The molecular weight excluding hydrogens is 355 g/mol. The first-order valence-corrected chi connectivity index (χ1v) is 9.59. The number of halogens is 1. The number of likely N-dealkylation sites (tertiary alicyclic amines) is 1. The van der Waals surface area contributed by atoms with E-state index in [1.54, 1.807) is 18.3 Å². The summed E-state index contributed by atoms with van der Waals surface area (Å²) in [5.41, 5.74) is 3.31. The Morgan fingerprint density at radius 3 is 2.75 bits per heavy atom. The highest BCUT2D eigenvalue weighted by atomic mass is 19.1. The van der Waals surface area contributed by atoms with Gasteiger partial charge in [0.15, 0.2) is 5.65 Å². The van der Waals surface area contributed by atoms with Crippen LogP contribution in [0.4, 0.5) is 15.8 Å². The predicted molar refractivity (Wildman–Crippen MR) is 108 cm³/mol. The quantitative estimate of drug-likeness (QED) is 0.718. The van der Waals surface area contributed by atoms with Crippen molar-refractivity contribution in [3.05, 3.63) is 59.7 Å². The maximum Gasteiger partial charge on any atom is 0.257 e. The van der Waals surface area contributed by atoms with Crippen LogP contribution < -0.4 is 5.32 Å². The van der Waals surface area contributed by atoms with Crippen LogP contribution in [0.25, 0.3) is 11.0 Å². The number of piperidine rings is 1. The van der Waals surface area contributed by atoms with Gasteiger partial charge in [-0.05, 0) is 62.1 Å². The highest BCUT2D eigenvalue weighted by molar-refractivity contribution is 6.07. The molecule has 1 aromatic carbocycles. The standard InChI is InChI=1S/C22H23FN4O/c1-14-4-3-11-27(13-14)22(28)19-12-24-21-18(10-5-15(2)25-21)20(19)26-17-8-6-16(23)7-9-17/h5-10,12,14H,3-4,11,13H2,1-2H3,(H,24,25,26)/t14-/m0/s1. The third-order valence-electron chi connectivity index (χ3n) is 5.16. The van der Waals surface area contributed by atoms with Gasteiger partial charge in [0, 0.05) is 36.1 Å². The number of aromatic nitrogens is 2. The SMILES string of the molecule is Cc1ccc2c(Nc3ccc(F)cc3)c(C(=O)N3CCC[C@H](C)C3)cnc2n1. The number of benzene rings is 1. The van der Waals surface area contributed by atoms with Crippen molar-refractivity contribution in [1.82, 2.24) is 14.9 Å². The van der Waals surface area contributed by atoms with E-state index < -0.39 is 0 Å². The summed E-state index contributed by atoms with van der Waals surface area (Å²) in [7, 11) is 0. The van der Waals surface area contributed by atoms with Crippen molar-refractivity contribution in [2.75, 3.05) is 18.4 Å². The number of amides is 1. The van der Waals surface area contributed by atoms with Crippen molar-refractivity contribution in [3.63, 3.8) is 0 Å². The Bertz CT molecular complexity index is 1020. The van der Waals surface area contributed by atoms with Gasteiger partial charge in [0.05, 0.1) is 11.3 Å². The van der Waals surface area contributed by atoms with Gasteiger partial charge >= 0.3 is 0 Å². The minimum atomic E-state index is -0.305. The largest absolute Gasteiger partial charge is 0.354 e. The van der Waals surface area contributed by atoms with Crippen molar-refractivity contribution in [2.45, 2.75) is 26.7 Å². The van der Waals surface area contributed by atoms with Crippen molar-refractivity contribution >= 4 is 28.3 Å². The fourth-order valence-corrected chi connectivity index (χ4v) is 3.69. The lowest BCUT2D eigenvalue weighted by atomic mass is 9.99. The summed E-state index contributed by atoms with van der Waals surface area (Å²) in [6.45, 7) is 5.58. The molecule has 1 saturated heterocycles. The molecule has 1 atom stereocenters. The summed E-state index contributed by atoms with van der Waals surface area (Å²) in [4.78, 5) is 24.1. The first-order valence-electron chi connectivity index (χ1n) is 9.59. The number of fused-ring (bicyclic) bond motifs is 1. The van der Waals surface area contributed by atoms with Gasteiger partial charge in [0.2, 0.25) is 0 Å². The van der Waals surface area contributed by atoms with Crippen LogP contribution in [0.15, 0.2) is 42.6 Å². The minimum Gasteiger partial charge on any atom is -0.354 e. The number of pyridine rings is 2. The van der Waals surface area contributed by atoms with E-state index >= 15 is 0 Å². The second-order valence-corrected chi connectivity index (χ2v) is 7.50. The second kappa shape index (κ2) is 7.54. The zero-order valence-electron chi connectivity index (χ0n) is 16.1.